The molecule has 1 aromatic heterocycles. The average Bonchev–Trinajstić information content (AvgIpc) is 2.79. The zero-order valence-electron chi connectivity index (χ0n) is 10.9. The summed E-state index contributed by atoms with van der Waals surface area (Å²) in [5.41, 5.74) is 0.586. The molecule has 6 heteroatoms. The van der Waals surface area contributed by atoms with Gasteiger partial charge in [0.05, 0.1) is 13.1 Å². The van der Waals surface area contributed by atoms with Crippen LogP contribution in [0.1, 0.15) is 25.2 Å². The maximum absolute atomic E-state index is 13.6. The maximum atomic E-state index is 13.6. The van der Waals surface area contributed by atoms with Crippen molar-refractivity contribution in [3.8, 4) is 0 Å². The zero-order valence-corrected chi connectivity index (χ0v) is 12.5. The molecule has 1 aromatic carbocycles. The third-order valence-corrected chi connectivity index (χ3v) is 3.09. The van der Waals surface area contributed by atoms with E-state index in [-0.39, 0.29) is 5.82 Å². The average molecular weight is 327 g/mol. The number of rotatable bonds is 5. The number of hydrogen-bond donors (Lipinski definition) is 1. The van der Waals surface area contributed by atoms with Gasteiger partial charge in [0.15, 0.2) is 5.82 Å². The normalized spacial score (nSPS) is 11.2. The Morgan fingerprint density at radius 1 is 1.42 bits per heavy atom. The van der Waals surface area contributed by atoms with Crippen molar-refractivity contribution >= 4 is 15.9 Å². The summed E-state index contributed by atoms with van der Waals surface area (Å²) in [6.07, 6.45) is 1.62. The van der Waals surface area contributed by atoms with E-state index in [9.17, 15) is 4.39 Å². The highest BCUT2D eigenvalue weighted by molar-refractivity contribution is 9.10. The molecule has 0 radical (unpaired) electrons. The minimum Gasteiger partial charge on any atom is -0.308 e. The molecule has 0 aliphatic carbocycles. The molecule has 1 N–H and O–H groups in total. The van der Waals surface area contributed by atoms with Crippen molar-refractivity contribution in [2.24, 2.45) is 0 Å². The molecule has 102 valence electrons. The molecule has 0 saturated heterocycles. The highest BCUT2D eigenvalue weighted by atomic mass is 79.9. The molecule has 0 amide bonds. The summed E-state index contributed by atoms with van der Waals surface area (Å²) in [7, 11) is 0. The van der Waals surface area contributed by atoms with Gasteiger partial charge in [-0.25, -0.2) is 14.1 Å². The lowest BCUT2D eigenvalue weighted by Gasteiger charge is -2.05. The lowest BCUT2D eigenvalue weighted by atomic mass is 10.2. The van der Waals surface area contributed by atoms with Gasteiger partial charge in [0.2, 0.25) is 0 Å². The van der Waals surface area contributed by atoms with Crippen LogP contribution in [0.15, 0.2) is 29.0 Å². The second-order valence-electron chi connectivity index (χ2n) is 4.63. The second-order valence-corrected chi connectivity index (χ2v) is 5.55. The van der Waals surface area contributed by atoms with Gasteiger partial charge in [-0.1, -0.05) is 29.8 Å². The number of nitrogens with zero attached hydrogens (tertiary/aromatic N) is 3. The van der Waals surface area contributed by atoms with Crippen molar-refractivity contribution in [3.63, 3.8) is 0 Å². The van der Waals surface area contributed by atoms with Crippen molar-refractivity contribution in [1.29, 1.82) is 0 Å². The van der Waals surface area contributed by atoms with Crippen LogP contribution in [0.4, 0.5) is 4.39 Å². The van der Waals surface area contributed by atoms with Crippen LogP contribution in [0.3, 0.4) is 0 Å². The highest BCUT2D eigenvalue weighted by Gasteiger charge is 2.06. The summed E-state index contributed by atoms with van der Waals surface area (Å²) in [5, 5.41) is 7.55. The second kappa shape index (κ2) is 6.25. The Kier molecular flexibility index (Phi) is 4.66. The van der Waals surface area contributed by atoms with E-state index in [1.165, 1.54) is 6.07 Å². The Balaban J connectivity index is 2.05. The monoisotopic (exact) mass is 326 g/mol. The van der Waals surface area contributed by atoms with E-state index in [0.29, 0.717) is 30.5 Å². The smallest absolute Gasteiger partial charge is 0.164 e. The van der Waals surface area contributed by atoms with Crippen molar-refractivity contribution in [3.05, 3.63) is 46.2 Å². The lowest BCUT2D eigenvalue weighted by molar-refractivity contribution is 0.558. The Bertz CT molecular complexity index is 553. The van der Waals surface area contributed by atoms with Gasteiger partial charge in [-0.2, -0.15) is 5.10 Å². The summed E-state index contributed by atoms with van der Waals surface area (Å²) >= 11 is 3.33. The summed E-state index contributed by atoms with van der Waals surface area (Å²) in [4.78, 5) is 4.19. The third-order valence-electron chi connectivity index (χ3n) is 2.59. The van der Waals surface area contributed by atoms with Crippen LogP contribution in [-0.2, 0) is 13.1 Å². The predicted octanol–water partition coefficient (Wildman–Crippen LogP) is 2.73. The molecule has 4 nitrogen and oxygen atoms in total. The van der Waals surface area contributed by atoms with Crippen LogP contribution in [0, 0.1) is 5.82 Å². The minimum absolute atomic E-state index is 0.236. The Morgan fingerprint density at radius 3 is 2.95 bits per heavy atom. The third kappa shape index (κ3) is 4.11. The summed E-state index contributed by atoms with van der Waals surface area (Å²) in [6, 6.07) is 5.26. The van der Waals surface area contributed by atoms with Gasteiger partial charge < -0.3 is 5.32 Å². The van der Waals surface area contributed by atoms with E-state index in [1.807, 2.05) is 0 Å². The lowest BCUT2D eigenvalue weighted by Crippen LogP contribution is -2.22. The summed E-state index contributed by atoms with van der Waals surface area (Å²) in [6.45, 7) is 5.12. The Morgan fingerprint density at radius 2 is 2.21 bits per heavy atom. The molecule has 19 heavy (non-hydrogen) atoms. The van der Waals surface area contributed by atoms with Crippen molar-refractivity contribution in [2.75, 3.05) is 0 Å². The fourth-order valence-electron chi connectivity index (χ4n) is 1.62. The fraction of sp³-hybridized carbons (Fsp3) is 0.385. The van der Waals surface area contributed by atoms with Crippen LogP contribution in [0.25, 0.3) is 0 Å². The van der Waals surface area contributed by atoms with Crippen LogP contribution in [0.5, 0.6) is 0 Å². The SMILES string of the molecule is CC(C)NCc1ncn(Cc2cc(Br)ccc2F)n1. The van der Waals surface area contributed by atoms with Gasteiger partial charge >= 0.3 is 0 Å². The van der Waals surface area contributed by atoms with Crippen LogP contribution in [0.2, 0.25) is 0 Å². The van der Waals surface area contributed by atoms with Gasteiger partial charge in [0.1, 0.15) is 12.1 Å². The molecule has 0 aliphatic heterocycles. The first-order valence-corrected chi connectivity index (χ1v) is 6.89. The minimum atomic E-state index is -0.236. The number of hydrogen-bond acceptors (Lipinski definition) is 3. The largest absolute Gasteiger partial charge is 0.308 e. The Hall–Kier alpha value is -1.27. The van der Waals surface area contributed by atoms with Gasteiger partial charge in [-0.15, -0.1) is 0 Å². The van der Waals surface area contributed by atoms with Crippen molar-refractivity contribution in [2.45, 2.75) is 33.0 Å². The molecular formula is C13H16BrFN4. The first-order valence-electron chi connectivity index (χ1n) is 6.10. The predicted molar refractivity (Wildman–Crippen MR) is 75.2 cm³/mol. The molecule has 2 rings (SSSR count). The summed E-state index contributed by atoms with van der Waals surface area (Å²) < 4.78 is 16.1. The highest BCUT2D eigenvalue weighted by Crippen LogP contribution is 2.16. The van der Waals surface area contributed by atoms with Crippen LogP contribution >= 0.6 is 15.9 Å². The van der Waals surface area contributed by atoms with Crippen LogP contribution < -0.4 is 5.32 Å². The van der Waals surface area contributed by atoms with E-state index in [1.54, 1.807) is 23.1 Å². The molecule has 0 atom stereocenters. The fourth-order valence-corrected chi connectivity index (χ4v) is 2.03. The molecule has 1 heterocycles. The molecule has 0 spiro atoms. The standard InChI is InChI=1S/C13H16BrFN4/c1-9(2)16-6-13-17-8-19(18-13)7-10-5-11(14)3-4-12(10)15/h3-5,8-9,16H,6-7H2,1-2H3. The number of nitrogens with one attached hydrogen (secondary N) is 1. The molecule has 2 aromatic rings. The van der Waals surface area contributed by atoms with Gasteiger partial charge in [-0.05, 0) is 18.2 Å². The first kappa shape index (κ1) is 14.1. The zero-order chi connectivity index (χ0) is 13.8. The molecule has 0 aliphatic rings. The van der Waals surface area contributed by atoms with E-state index in [0.717, 1.165) is 4.47 Å². The topological polar surface area (TPSA) is 42.7 Å². The number of aromatic nitrogens is 3. The molecule has 0 bridgehead atoms. The van der Waals surface area contributed by atoms with E-state index in [4.69, 9.17) is 0 Å². The van der Waals surface area contributed by atoms with E-state index in [2.05, 4.69) is 45.2 Å². The van der Waals surface area contributed by atoms with Gasteiger partial charge in [0, 0.05) is 16.1 Å². The molecular weight excluding hydrogens is 311 g/mol. The van der Waals surface area contributed by atoms with Crippen LogP contribution in [-0.4, -0.2) is 20.8 Å². The Labute approximate surface area is 120 Å². The van der Waals surface area contributed by atoms with E-state index >= 15 is 0 Å². The maximum Gasteiger partial charge on any atom is 0.164 e. The van der Waals surface area contributed by atoms with Gasteiger partial charge in [0.25, 0.3) is 0 Å². The summed E-state index contributed by atoms with van der Waals surface area (Å²) in [5.74, 6) is 0.477. The van der Waals surface area contributed by atoms with Crippen molar-refractivity contribution in [1.82, 2.24) is 20.1 Å². The molecule has 0 fully saturated rings. The molecule has 0 saturated carbocycles. The first-order chi connectivity index (χ1) is 9.04. The van der Waals surface area contributed by atoms with Crippen molar-refractivity contribution < 1.29 is 4.39 Å². The number of benzene rings is 1. The quantitative estimate of drug-likeness (QED) is 0.918. The van der Waals surface area contributed by atoms with Gasteiger partial charge in [-0.3, -0.25) is 0 Å². The molecule has 0 unspecified atom stereocenters. The number of halogens is 2. The van der Waals surface area contributed by atoms with E-state index < -0.39 is 0 Å².